The Morgan fingerprint density at radius 2 is 1.88 bits per heavy atom. The van der Waals surface area contributed by atoms with Crippen LogP contribution in [0.2, 0.25) is 0 Å². The number of nitrogens with zero attached hydrogens (tertiary/aromatic N) is 4. The van der Waals surface area contributed by atoms with Crippen molar-refractivity contribution in [2.24, 2.45) is 0 Å². The van der Waals surface area contributed by atoms with Crippen LogP contribution in [0.5, 0.6) is 0 Å². The maximum atomic E-state index is 8.56. The van der Waals surface area contributed by atoms with Gasteiger partial charge in [-0.2, -0.15) is 0 Å². The molecular formula is C19H29N5. The molecule has 1 aromatic carbocycles. The monoisotopic (exact) mass is 327 g/mol. The van der Waals surface area contributed by atoms with Crippen molar-refractivity contribution >= 4 is 22.9 Å². The van der Waals surface area contributed by atoms with Gasteiger partial charge in [0.05, 0.1) is 11.0 Å². The van der Waals surface area contributed by atoms with Gasteiger partial charge in [0, 0.05) is 32.7 Å². The van der Waals surface area contributed by atoms with E-state index >= 15 is 0 Å². The number of aryl methyl sites for hydroxylation is 1. The van der Waals surface area contributed by atoms with E-state index in [0.717, 1.165) is 55.1 Å². The smallest absolute Gasteiger partial charge is 0.172 e. The van der Waals surface area contributed by atoms with Crippen LogP contribution in [0.1, 0.15) is 26.3 Å². The largest absolute Gasteiger partial charge is 0.351 e. The van der Waals surface area contributed by atoms with E-state index in [-0.39, 0.29) is 0 Å². The average Bonchev–Trinajstić information content (AvgIpc) is 2.63. The van der Waals surface area contributed by atoms with Crippen LogP contribution in [-0.2, 0) is 6.54 Å². The minimum Gasteiger partial charge on any atom is -0.351 e. The van der Waals surface area contributed by atoms with E-state index in [1.165, 1.54) is 0 Å². The summed E-state index contributed by atoms with van der Waals surface area (Å²) in [6, 6.07) is 6.11. The average molecular weight is 327 g/mol. The molecule has 0 radical (unpaired) electrons. The number of benzene rings is 1. The van der Waals surface area contributed by atoms with Crippen LogP contribution in [0.25, 0.3) is 17.1 Å². The van der Waals surface area contributed by atoms with Crippen molar-refractivity contribution in [2.75, 3.05) is 38.1 Å². The summed E-state index contributed by atoms with van der Waals surface area (Å²) in [5, 5.41) is 8.56. The molecule has 1 aromatic heterocycles. The number of nitrogens with one attached hydrogen (secondary N) is 1. The Kier molecular flexibility index (Phi) is 6.15. The second-order valence-electron chi connectivity index (χ2n) is 5.77. The fraction of sp³-hybridized carbons (Fsp3) is 0.474. The Morgan fingerprint density at radius 1 is 1.21 bits per heavy atom. The maximum Gasteiger partial charge on any atom is 0.172 e. The number of anilines is 1. The van der Waals surface area contributed by atoms with Crippen molar-refractivity contribution in [1.29, 1.82) is 5.41 Å². The third-order valence-corrected chi connectivity index (χ3v) is 4.35. The molecule has 1 fully saturated rings. The molecule has 1 aliphatic heterocycles. The molecule has 3 rings (SSSR count). The molecule has 2 heterocycles. The van der Waals surface area contributed by atoms with Crippen molar-refractivity contribution in [3.8, 4) is 0 Å². The van der Waals surface area contributed by atoms with Crippen molar-refractivity contribution in [3.05, 3.63) is 35.8 Å². The zero-order chi connectivity index (χ0) is 17.7. The molecule has 5 heteroatoms. The second kappa shape index (κ2) is 8.11. The molecule has 1 saturated heterocycles. The Hall–Kier alpha value is -2.14. The van der Waals surface area contributed by atoms with E-state index in [4.69, 9.17) is 10.4 Å². The summed E-state index contributed by atoms with van der Waals surface area (Å²) >= 11 is 0. The van der Waals surface area contributed by atoms with Crippen LogP contribution in [-0.4, -0.2) is 47.7 Å². The standard InChI is InChI=1S/C17H23N5.C2H6/c1-4-13-6-7-14-15(12-13)22(5-2)16(18)17(19-14)21-10-8-20(3)9-11-21;1-2/h4,6-7,12,18H,1,5,8-11H2,2-3H3;1-2H3. The molecule has 0 atom stereocenters. The lowest BCUT2D eigenvalue weighted by Gasteiger charge is -2.33. The zero-order valence-corrected chi connectivity index (χ0v) is 15.3. The number of hydrogen-bond acceptors (Lipinski definition) is 4. The van der Waals surface area contributed by atoms with Crippen molar-refractivity contribution in [2.45, 2.75) is 27.3 Å². The lowest BCUT2D eigenvalue weighted by atomic mass is 10.2. The van der Waals surface area contributed by atoms with Gasteiger partial charge in [-0.15, -0.1) is 0 Å². The summed E-state index contributed by atoms with van der Waals surface area (Å²) in [5.41, 5.74) is 3.50. The summed E-state index contributed by atoms with van der Waals surface area (Å²) in [6.07, 6.45) is 1.83. The number of aromatic nitrogens is 2. The van der Waals surface area contributed by atoms with Crippen molar-refractivity contribution in [1.82, 2.24) is 14.5 Å². The first-order valence-electron chi connectivity index (χ1n) is 8.79. The van der Waals surface area contributed by atoms with Crippen LogP contribution in [0, 0.1) is 5.41 Å². The summed E-state index contributed by atoms with van der Waals surface area (Å²) in [7, 11) is 2.13. The Bertz CT molecular complexity index is 754. The van der Waals surface area contributed by atoms with E-state index in [0.29, 0.717) is 5.49 Å². The first-order chi connectivity index (χ1) is 11.6. The predicted molar refractivity (Wildman–Crippen MR) is 102 cm³/mol. The SMILES string of the molecule is C=Cc1ccc2nc(N3CCN(C)CC3)c(=N)n(CC)c2c1.CC. The topological polar surface area (TPSA) is 48.2 Å². The van der Waals surface area contributed by atoms with Gasteiger partial charge in [-0.1, -0.05) is 32.6 Å². The van der Waals surface area contributed by atoms with Crippen LogP contribution in [0.15, 0.2) is 24.8 Å². The van der Waals surface area contributed by atoms with E-state index in [1.54, 1.807) is 0 Å². The summed E-state index contributed by atoms with van der Waals surface area (Å²) in [5.74, 6) is 0.800. The Morgan fingerprint density at radius 3 is 2.46 bits per heavy atom. The van der Waals surface area contributed by atoms with Gasteiger partial charge >= 0.3 is 0 Å². The lowest BCUT2D eigenvalue weighted by Crippen LogP contribution is -2.47. The highest BCUT2D eigenvalue weighted by Gasteiger charge is 2.18. The number of fused-ring (bicyclic) bond motifs is 1. The first kappa shape index (κ1) is 18.2. The van der Waals surface area contributed by atoms with Crippen molar-refractivity contribution in [3.63, 3.8) is 0 Å². The number of rotatable bonds is 3. The first-order valence-corrected chi connectivity index (χ1v) is 8.79. The predicted octanol–water partition coefficient (Wildman–Crippen LogP) is 2.96. The van der Waals surface area contributed by atoms with E-state index in [9.17, 15) is 0 Å². The van der Waals surface area contributed by atoms with Gasteiger partial charge in [-0.05, 0) is 31.7 Å². The molecule has 130 valence electrons. The lowest BCUT2D eigenvalue weighted by molar-refractivity contribution is 0.311. The van der Waals surface area contributed by atoms with Gasteiger partial charge < -0.3 is 14.4 Å². The van der Waals surface area contributed by atoms with Gasteiger partial charge in [0.1, 0.15) is 0 Å². The minimum atomic E-state index is 0.501. The number of piperazine rings is 1. The molecule has 0 saturated carbocycles. The molecule has 0 unspecified atom stereocenters. The molecule has 0 spiro atoms. The van der Waals surface area contributed by atoms with Gasteiger partial charge in [0.25, 0.3) is 0 Å². The molecule has 0 amide bonds. The molecular weight excluding hydrogens is 298 g/mol. The van der Waals surface area contributed by atoms with Gasteiger partial charge in [-0.3, -0.25) is 5.41 Å². The van der Waals surface area contributed by atoms with E-state index < -0.39 is 0 Å². The maximum absolute atomic E-state index is 8.56. The van der Waals surface area contributed by atoms with E-state index in [1.807, 2.05) is 36.6 Å². The quantitative estimate of drug-likeness (QED) is 0.943. The number of likely N-dealkylation sites (N-methyl/N-ethyl adjacent to an activating group) is 1. The summed E-state index contributed by atoms with van der Waals surface area (Å²) in [6.45, 7) is 14.5. The van der Waals surface area contributed by atoms with Gasteiger partial charge in [0.15, 0.2) is 11.3 Å². The highest BCUT2D eigenvalue weighted by molar-refractivity contribution is 5.79. The Labute approximate surface area is 144 Å². The fourth-order valence-electron chi connectivity index (χ4n) is 2.95. The summed E-state index contributed by atoms with van der Waals surface area (Å²) in [4.78, 5) is 9.31. The minimum absolute atomic E-state index is 0.501. The van der Waals surface area contributed by atoms with Gasteiger partial charge in [-0.25, -0.2) is 4.98 Å². The normalized spacial score (nSPS) is 15.1. The van der Waals surface area contributed by atoms with Crippen molar-refractivity contribution < 1.29 is 0 Å². The molecule has 5 nitrogen and oxygen atoms in total. The van der Waals surface area contributed by atoms with Crippen LogP contribution < -0.4 is 10.4 Å². The molecule has 1 N–H and O–H groups in total. The molecule has 2 aromatic rings. The molecule has 24 heavy (non-hydrogen) atoms. The number of hydrogen-bond donors (Lipinski definition) is 1. The molecule has 1 aliphatic rings. The van der Waals surface area contributed by atoms with Crippen LogP contribution >= 0.6 is 0 Å². The highest BCUT2D eigenvalue weighted by Crippen LogP contribution is 2.18. The second-order valence-corrected chi connectivity index (χ2v) is 5.77. The Balaban J connectivity index is 0.00000100. The highest BCUT2D eigenvalue weighted by atomic mass is 15.3. The van der Waals surface area contributed by atoms with Crippen LogP contribution in [0.3, 0.4) is 0 Å². The molecule has 0 aliphatic carbocycles. The van der Waals surface area contributed by atoms with Gasteiger partial charge in [0.2, 0.25) is 0 Å². The third-order valence-electron chi connectivity index (χ3n) is 4.35. The zero-order valence-electron chi connectivity index (χ0n) is 15.3. The summed E-state index contributed by atoms with van der Waals surface area (Å²) < 4.78 is 2.03. The van der Waals surface area contributed by atoms with E-state index in [2.05, 4.69) is 36.4 Å². The van der Waals surface area contributed by atoms with Crippen LogP contribution in [0.4, 0.5) is 5.82 Å². The third kappa shape index (κ3) is 3.51. The molecule has 0 bridgehead atoms. The fourth-order valence-corrected chi connectivity index (χ4v) is 2.95.